The van der Waals surface area contributed by atoms with E-state index in [1.807, 2.05) is 6.07 Å². The first-order chi connectivity index (χ1) is 14.1. The van der Waals surface area contributed by atoms with Crippen LogP contribution in [-0.4, -0.2) is 24.9 Å². The van der Waals surface area contributed by atoms with Crippen LogP contribution in [-0.2, 0) is 0 Å². The smallest absolute Gasteiger partial charge is 0.127 e. The van der Waals surface area contributed by atoms with E-state index in [2.05, 4.69) is 85.9 Å². The summed E-state index contributed by atoms with van der Waals surface area (Å²) in [4.78, 5) is 0. The zero-order valence-electron chi connectivity index (χ0n) is 17.1. The van der Waals surface area contributed by atoms with Crippen molar-refractivity contribution in [2.24, 2.45) is 5.92 Å². The summed E-state index contributed by atoms with van der Waals surface area (Å²) in [5.41, 5.74) is 3.19. The normalized spacial score (nSPS) is 12.4. The highest BCUT2D eigenvalue weighted by atomic mass is 16.5. The molecule has 0 aliphatic carbocycles. The summed E-state index contributed by atoms with van der Waals surface area (Å²) < 4.78 is 5.81. The highest BCUT2D eigenvalue weighted by Gasteiger charge is 2.20. The van der Waals surface area contributed by atoms with Crippen LogP contribution in [0.15, 0.2) is 72.8 Å². The molecular weight excluding hydrogens is 358 g/mol. The molecule has 3 nitrogen and oxygen atoms in total. The van der Waals surface area contributed by atoms with Crippen LogP contribution in [0.25, 0.3) is 32.7 Å². The van der Waals surface area contributed by atoms with E-state index in [1.54, 1.807) is 7.11 Å². The lowest BCUT2D eigenvalue weighted by atomic mass is 9.91. The van der Waals surface area contributed by atoms with Crippen LogP contribution in [0.4, 0.5) is 5.69 Å². The van der Waals surface area contributed by atoms with Crippen LogP contribution < -0.4 is 10.1 Å². The highest BCUT2D eigenvalue weighted by molar-refractivity contribution is 6.11. The topological polar surface area (TPSA) is 41.5 Å². The van der Waals surface area contributed by atoms with E-state index in [-0.39, 0.29) is 12.6 Å². The van der Waals surface area contributed by atoms with Crippen molar-refractivity contribution in [2.75, 3.05) is 19.0 Å². The van der Waals surface area contributed by atoms with E-state index in [9.17, 15) is 5.11 Å². The Balaban J connectivity index is 2.07. The second-order valence-electron chi connectivity index (χ2n) is 7.75. The Morgan fingerprint density at radius 1 is 0.793 bits per heavy atom. The Morgan fingerprint density at radius 2 is 1.38 bits per heavy atom. The number of nitrogens with one attached hydrogen (secondary N) is 1. The van der Waals surface area contributed by atoms with E-state index >= 15 is 0 Å². The van der Waals surface area contributed by atoms with E-state index < -0.39 is 0 Å². The van der Waals surface area contributed by atoms with Gasteiger partial charge < -0.3 is 15.2 Å². The summed E-state index contributed by atoms with van der Waals surface area (Å²) in [7, 11) is 1.72. The molecule has 0 aliphatic heterocycles. The monoisotopic (exact) mass is 385 g/mol. The standard InChI is InChI=1S/C26H27NO2/c1-17(2)23(16-28)27-22-14-12-18-8-4-6-10-20(18)25(22)26-21-11-7-5-9-19(21)13-15-24(26)29-3/h4-15,17,23,27-28H,16H2,1-3H3/t23-/m0/s1. The fourth-order valence-electron chi connectivity index (χ4n) is 3.96. The average molecular weight is 386 g/mol. The maximum Gasteiger partial charge on any atom is 0.127 e. The zero-order chi connectivity index (χ0) is 20.4. The van der Waals surface area contributed by atoms with Crippen molar-refractivity contribution in [3.63, 3.8) is 0 Å². The minimum Gasteiger partial charge on any atom is -0.496 e. The maximum absolute atomic E-state index is 9.92. The minimum absolute atomic E-state index is 0.0316. The average Bonchev–Trinajstić information content (AvgIpc) is 2.76. The number of methoxy groups -OCH3 is 1. The molecule has 2 N–H and O–H groups in total. The van der Waals surface area contributed by atoms with E-state index in [0.717, 1.165) is 33.3 Å². The fraction of sp³-hybridized carbons (Fsp3) is 0.231. The van der Waals surface area contributed by atoms with Crippen LogP contribution in [0.2, 0.25) is 0 Å². The van der Waals surface area contributed by atoms with Gasteiger partial charge in [0.05, 0.1) is 19.8 Å². The van der Waals surface area contributed by atoms with Crippen LogP contribution in [0, 0.1) is 5.92 Å². The second-order valence-corrected chi connectivity index (χ2v) is 7.75. The van der Waals surface area contributed by atoms with Crippen molar-refractivity contribution < 1.29 is 9.84 Å². The van der Waals surface area contributed by atoms with Gasteiger partial charge in [0.1, 0.15) is 5.75 Å². The van der Waals surface area contributed by atoms with Gasteiger partial charge in [0, 0.05) is 16.8 Å². The number of hydrogen-bond acceptors (Lipinski definition) is 3. The molecule has 0 fully saturated rings. The molecule has 0 aromatic heterocycles. The van der Waals surface area contributed by atoms with E-state index in [4.69, 9.17) is 4.74 Å². The maximum atomic E-state index is 9.92. The first-order valence-corrected chi connectivity index (χ1v) is 10.1. The molecule has 4 aromatic carbocycles. The second kappa shape index (κ2) is 8.14. The van der Waals surface area contributed by atoms with Gasteiger partial charge >= 0.3 is 0 Å². The lowest BCUT2D eigenvalue weighted by molar-refractivity contribution is 0.249. The first kappa shape index (κ1) is 19.3. The van der Waals surface area contributed by atoms with Gasteiger partial charge in [-0.25, -0.2) is 0 Å². The zero-order valence-corrected chi connectivity index (χ0v) is 17.1. The Bertz CT molecular complexity index is 1150. The third kappa shape index (κ3) is 3.54. The predicted octanol–water partition coefficient (Wildman–Crippen LogP) is 6.10. The molecule has 0 heterocycles. The molecule has 0 saturated heterocycles. The lowest BCUT2D eigenvalue weighted by Gasteiger charge is -2.25. The molecule has 3 heteroatoms. The van der Waals surface area contributed by atoms with Crippen molar-refractivity contribution in [1.82, 2.24) is 0 Å². The number of aliphatic hydroxyl groups is 1. The summed E-state index contributed by atoms with van der Waals surface area (Å²) >= 11 is 0. The molecule has 0 radical (unpaired) electrons. The van der Waals surface area contributed by atoms with E-state index in [1.165, 1.54) is 10.8 Å². The van der Waals surface area contributed by atoms with Gasteiger partial charge in [-0.05, 0) is 39.6 Å². The molecule has 0 aliphatic rings. The van der Waals surface area contributed by atoms with Crippen molar-refractivity contribution in [1.29, 1.82) is 0 Å². The number of ether oxygens (including phenoxy) is 1. The molecule has 4 aromatic rings. The van der Waals surface area contributed by atoms with Gasteiger partial charge in [-0.1, -0.05) is 74.5 Å². The number of hydrogen-bond donors (Lipinski definition) is 2. The lowest BCUT2D eigenvalue weighted by Crippen LogP contribution is -2.29. The third-order valence-electron chi connectivity index (χ3n) is 5.63. The van der Waals surface area contributed by atoms with Gasteiger partial charge in [-0.15, -0.1) is 0 Å². The van der Waals surface area contributed by atoms with E-state index in [0.29, 0.717) is 5.92 Å². The molecular formula is C26H27NO2. The SMILES string of the molecule is COc1ccc2ccccc2c1-c1c(N[C@@H](CO)C(C)C)ccc2ccccc12. The van der Waals surface area contributed by atoms with Gasteiger partial charge in [0.2, 0.25) is 0 Å². The van der Waals surface area contributed by atoms with Gasteiger partial charge in [0.25, 0.3) is 0 Å². The van der Waals surface area contributed by atoms with Gasteiger partial charge in [-0.3, -0.25) is 0 Å². The Morgan fingerprint density at radius 3 is 1.97 bits per heavy atom. The van der Waals surface area contributed by atoms with Crippen molar-refractivity contribution in [2.45, 2.75) is 19.9 Å². The predicted molar refractivity (Wildman–Crippen MR) is 123 cm³/mol. The summed E-state index contributed by atoms with van der Waals surface area (Å²) in [6.45, 7) is 4.32. The fourth-order valence-corrected chi connectivity index (χ4v) is 3.96. The Labute approximate surface area is 171 Å². The van der Waals surface area contributed by atoms with Crippen LogP contribution in [0.3, 0.4) is 0 Å². The van der Waals surface area contributed by atoms with Crippen LogP contribution in [0.5, 0.6) is 5.75 Å². The number of fused-ring (bicyclic) bond motifs is 2. The molecule has 0 spiro atoms. The van der Waals surface area contributed by atoms with Crippen molar-refractivity contribution in [3.05, 3.63) is 72.8 Å². The summed E-state index contributed by atoms with van der Waals surface area (Å²) in [5.74, 6) is 1.14. The molecule has 29 heavy (non-hydrogen) atoms. The Hall–Kier alpha value is -3.04. The largest absolute Gasteiger partial charge is 0.496 e. The number of anilines is 1. The summed E-state index contributed by atoms with van der Waals surface area (Å²) in [5, 5.41) is 18.2. The molecule has 1 atom stereocenters. The van der Waals surface area contributed by atoms with Crippen LogP contribution >= 0.6 is 0 Å². The Kier molecular flexibility index (Phi) is 5.41. The van der Waals surface area contributed by atoms with Crippen molar-refractivity contribution >= 4 is 27.2 Å². The molecule has 0 saturated carbocycles. The quantitative estimate of drug-likeness (QED) is 0.421. The third-order valence-corrected chi connectivity index (χ3v) is 5.63. The molecule has 148 valence electrons. The minimum atomic E-state index is -0.0316. The first-order valence-electron chi connectivity index (χ1n) is 10.1. The number of benzene rings is 4. The highest BCUT2D eigenvalue weighted by Crippen LogP contribution is 2.44. The van der Waals surface area contributed by atoms with Crippen molar-refractivity contribution in [3.8, 4) is 16.9 Å². The van der Waals surface area contributed by atoms with Crippen LogP contribution in [0.1, 0.15) is 13.8 Å². The summed E-state index contributed by atoms with van der Waals surface area (Å²) in [6, 6.07) is 25.2. The summed E-state index contributed by atoms with van der Waals surface area (Å²) in [6.07, 6.45) is 0. The van der Waals surface area contributed by atoms with Gasteiger partial charge in [-0.2, -0.15) is 0 Å². The number of aliphatic hydroxyl groups excluding tert-OH is 1. The molecule has 0 amide bonds. The number of rotatable bonds is 6. The molecule has 4 rings (SSSR count). The molecule has 0 bridgehead atoms. The van der Waals surface area contributed by atoms with Gasteiger partial charge in [0.15, 0.2) is 0 Å². The molecule has 0 unspecified atom stereocenters.